The van der Waals surface area contributed by atoms with E-state index in [1.807, 2.05) is 0 Å². The Morgan fingerprint density at radius 3 is 1.74 bits per heavy atom. The van der Waals surface area contributed by atoms with Crippen LogP contribution < -0.4 is 0 Å². The molecule has 0 fully saturated rings. The SMILES string of the molecule is Cc1cc2c(c(C)c1C)CC(C)CC2.Cc1cc2ccc(C)c(C)c2c(C)c1C.Cc1ccc2c(c1C)CCC(C)C2. The van der Waals surface area contributed by atoms with Gasteiger partial charge < -0.3 is 0 Å². The molecule has 0 aliphatic heterocycles. The maximum Gasteiger partial charge on any atom is -0.0120 e. The van der Waals surface area contributed by atoms with Gasteiger partial charge in [0.15, 0.2) is 0 Å². The van der Waals surface area contributed by atoms with Crippen LogP contribution in [0.15, 0.2) is 36.4 Å². The second-order valence-electron chi connectivity index (χ2n) is 14.0. The lowest BCUT2D eigenvalue weighted by Crippen LogP contribution is -2.14. The maximum absolute atomic E-state index is 2.41. The maximum atomic E-state index is 2.41. The summed E-state index contributed by atoms with van der Waals surface area (Å²) in [5.74, 6) is 1.76. The highest BCUT2D eigenvalue weighted by atomic mass is 14.2. The zero-order valence-corrected chi connectivity index (χ0v) is 28.9. The Hall–Kier alpha value is -2.86. The molecule has 6 rings (SSSR count). The van der Waals surface area contributed by atoms with Gasteiger partial charge in [0.1, 0.15) is 0 Å². The molecule has 0 aromatic heterocycles. The summed E-state index contributed by atoms with van der Waals surface area (Å²) in [6.07, 6.45) is 7.91. The highest BCUT2D eigenvalue weighted by Crippen LogP contribution is 2.32. The summed E-state index contributed by atoms with van der Waals surface area (Å²) >= 11 is 0. The van der Waals surface area contributed by atoms with Gasteiger partial charge in [0.2, 0.25) is 0 Å². The van der Waals surface area contributed by atoms with E-state index in [1.54, 1.807) is 27.8 Å². The van der Waals surface area contributed by atoms with E-state index in [1.165, 1.54) is 99.4 Å². The Balaban J connectivity index is 0.000000145. The van der Waals surface area contributed by atoms with Crippen molar-refractivity contribution < 1.29 is 0 Å². The second kappa shape index (κ2) is 13.2. The standard InChI is InChI=1S/C15H18.C14H20.C13H18/c1-9-6-7-14-8-10(2)11(3)13(5)15(14)12(9)4;1-9-5-6-13-8-10(2)11(3)12(4)14(13)7-9;1-9-4-7-13-11(3)10(2)5-6-12(13)8-9/h6-8H,1-5H3;8-9H,5-7H2,1-4H3;5-6,9H,4,7-8H2,1-3H3. The van der Waals surface area contributed by atoms with Crippen molar-refractivity contribution in [2.24, 2.45) is 11.8 Å². The van der Waals surface area contributed by atoms with E-state index >= 15 is 0 Å². The predicted octanol–water partition coefficient (Wildman–Crippen LogP) is 11.5. The molecule has 0 saturated carbocycles. The minimum atomic E-state index is 0.878. The van der Waals surface area contributed by atoms with Crippen LogP contribution in [0.1, 0.15) is 105 Å². The molecule has 4 aromatic rings. The molecule has 0 heteroatoms. The average molecular weight is 561 g/mol. The summed E-state index contributed by atoms with van der Waals surface area (Å²) in [5.41, 5.74) is 21.1. The summed E-state index contributed by atoms with van der Waals surface area (Å²) in [6.45, 7) is 27.0. The molecule has 0 nitrogen and oxygen atoms in total. The van der Waals surface area contributed by atoms with Gasteiger partial charge in [-0.2, -0.15) is 0 Å². The fourth-order valence-electron chi connectivity index (χ4n) is 7.20. The Bertz CT molecular complexity index is 1600. The van der Waals surface area contributed by atoms with Crippen LogP contribution in [0.25, 0.3) is 10.8 Å². The monoisotopic (exact) mass is 560 g/mol. The molecule has 0 amide bonds. The number of fused-ring (bicyclic) bond motifs is 3. The molecule has 2 aliphatic carbocycles. The number of hydrogen-bond donors (Lipinski definition) is 0. The number of aryl methyl sites for hydroxylation is 7. The van der Waals surface area contributed by atoms with Gasteiger partial charge in [0.05, 0.1) is 0 Å². The Morgan fingerprint density at radius 2 is 1.02 bits per heavy atom. The topological polar surface area (TPSA) is 0 Å². The zero-order chi connectivity index (χ0) is 30.9. The Kier molecular flexibility index (Phi) is 10.1. The van der Waals surface area contributed by atoms with Crippen molar-refractivity contribution in [3.05, 3.63) is 114 Å². The molecule has 2 unspecified atom stereocenters. The van der Waals surface area contributed by atoms with E-state index in [2.05, 4.69) is 119 Å². The molecule has 0 N–H and O–H groups in total. The fourth-order valence-corrected chi connectivity index (χ4v) is 7.20. The summed E-state index contributed by atoms with van der Waals surface area (Å²) in [7, 11) is 0. The normalized spacial score (nSPS) is 17.4. The third-order valence-electron chi connectivity index (χ3n) is 10.9. The highest BCUT2D eigenvalue weighted by molar-refractivity contribution is 5.91. The van der Waals surface area contributed by atoms with Crippen LogP contribution >= 0.6 is 0 Å². The zero-order valence-electron chi connectivity index (χ0n) is 28.9. The first-order valence-corrected chi connectivity index (χ1v) is 16.4. The number of rotatable bonds is 0. The molecule has 0 heterocycles. The van der Waals surface area contributed by atoms with Crippen molar-refractivity contribution in [3.8, 4) is 0 Å². The van der Waals surface area contributed by atoms with Gasteiger partial charge in [-0.15, -0.1) is 0 Å². The molecule has 0 radical (unpaired) electrons. The summed E-state index contributed by atoms with van der Waals surface area (Å²) < 4.78 is 0. The fraction of sp³-hybridized carbons (Fsp3) is 0.476. The van der Waals surface area contributed by atoms with E-state index in [0.717, 1.165) is 11.8 Å². The first-order chi connectivity index (χ1) is 19.8. The smallest absolute Gasteiger partial charge is 0.0120 e. The van der Waals surface area contributed by atoms with Gasteiger partial charge in [-0.3, -0.25) is 0 Å². The third kappa shape index (κ3) is 6.69. The van der Waals surface area contributed by atoms with Crippen molar-refractivity contribution in [2.45, 2.75) is 122 Å². The molecule has 42 heavy (non-hydrogen) atoms. The molecular formula is C42H56. The first-order valence-electron chi connectivity index (χ1n) is 16.4. The van der Waals surface area contributed by atoms with Crippen molar-refractivity contribution >= 4 is 10.8 Å². The summed E-state index contributed by atoms with van der Waals surface area (Å²) in [4.78, 5) is 0. The van der Waals surface area contributed by atoms with Gasteiger partial charge in [-0.05, 0) is 208 Å². The Morgan fingerprint density at radius 1 is 0.452 bits per heavy atom. The molecule has 0 saturated heterocycles. The molecule has 4 aromatic carbocycles. The van der Waals surface area contributed by atoms with Crippen molar-refractivity contribution in [2.75, 3.05) is 0 Å². The van der Waals surface area contributed by atoms with Crippen LogP contribution in [0.4, 0.5) is 0 Å². The van der Waals surface area contributed by atoms with E-state index in [0.29, 0.717) is 0 Å². The van der Waals surface area contributed by atoms with Crippen LogP contribution in [0.3, 0.4) is 0 Å². The molecular weight excluding hydrogens is 504 g/mol. The number of hydrogen-bond acceptors (Lipinski definition) is 0. The average Bonchev–Trinajstić information content (AvgIpc) is 2.96. The van der Waals surface area contributed by atoms with Gasteiger partial charge in [-0.25, -0.2) is 0 Å². The lowest BCUT2D eigenvalue weighted by Gasteiger charge is -2.25. The summed E-state index contributed by atoms with van der Waals surface area (Å²) in [5, 5.41) is 2.82. The summed E-state index contributed by atoms with van der Waals surface area (Å²) in [6, 6.07) is 13.7. The molecule has 0 bridgehead atoms. The lowest BCUT2D eigenvalue weighted by molar-refractivity contribution is 0.499. The first kappa shape index (κ1) is 32.1. The largest absolute Gasteiger partial charge is 0.0622 e. The highest BCUT2D eigenvalue weighted by Gasteiger charge is 2.19. The molecule has 2 atom stereocenters. The van der Waals surface area contributed by atoms with Gasteiger partial charge >= 0.3 is 0 Å². The van der Waals surface area contributed by atoms with Crippen LogP contribution in [-0.2, 0) is 25.7 Å². The van der Waals surface area contributed by atoms with Gasteiger partial charge in [-0.1, -0.05) is 50.2 Å². The quantitative estimate of drug-likeness (QED) is 0.201. The minimum Gasteiger partial charge on any atom is -0.0622 e. The van der Waals surface area contributed by atoms with E-state index < -0.39 is 0 Å². The van der Waals surface area contributed by atoms with Crippen molar-refractivity contribution in [1.29, 1.82) is 0 Å². The molecule has 2 aliphatic rings. The Labute approximate surface area is 258 Å². The van der Waals surface area contributed by atoms with Crippen LogP contribution in [0.2, 0.25) is 0 Å². The van der Waals surface area contributed by atoms with Crippen LogP contribution in [0, 0.1) is 81.1 Å². The second-order valence-corrected chi connectivity index (χ2v) is 14.0. The minimum absolute atomic E-state index is 0.878. The van der Waals surface area contributed by atoms with E-state index in [4.69, 9.17) is 0 Å². The predicted molar refractivity (Wildman–Crippen MR) is 187 cm³/mol. The van der Waals surface area contributed by atoms with Gasteiger partial charge in [0.25, 0.3) is 0 Å². The lowest BCUT2D eigenvalue weighted by atomic mass is 9.80. The third-order valence-corrected chi connectivity index (χ3v) is 10.9. The number of benzene rings is 4. The van der Waals surface area contributed by atoms with E-state index in [-0.39, 0.29) is 0 Å². The van der Waals surface area contributed by atoms with E-state index in [9.17, 15) is 0 Å². The van der Waals surface area contributed by atoms with Gasteiger partial charge in [0, 0.05) is 0 Å². The molecule has 0 spiro atoms. The van der Waals surface area contributed by atoms with Crippen molar-refractivity contribution in [3.63, 3.8) is 0 Å². The van der Waals surface area contributed by atoms with Crippen LogP contribution in [0.5, 0.6) is 0 Å². The van der Waals surface area contributed by atoms with Crippen molar-refractivity contribution in [1.82, 2.24) is 0 Å². The van der Waals surface area contributed by atoms with Crippen LogP contribution in [-0.4, -0.2) is 0 Å². The molecule has 224 valence electrons.